The van der Waals surface area contributed by atoms with Crippen LogP contribution < -0.4 is 20.6 Å². The number of ether oxygens (including phenoxy) is 2. The summed E-state index contributed by atoms with van der Waals surface area (Å²) < 4.78 is 11.9. The normalized spacial score (nSPS) is 10.6. The van der Waals surface area contributed by atoms with Crippen molar-refractivity contribution in [2.24, 2.45) is 0 Å². The van der Waals surface area contributed by atoms with E-state index in [1.807, 2.05) is 18.2 Å². The lowest BCUT2D eigenvalue weighted by atomic mass is 10.2. The number of amides is 1. The van der Waals surface area contributed by atoms with Crippen LogP contribution in [0.25, 0.3) is 11.4 Å². The van der Waals surface area contributed by atoms with Crippen LogP contribution in [-0.4, -0.2) is 40.8 Å². The zero-order chi connectivity index (χ0) is 20.8. The lowest BCUT2D eigenvalue weighted by molar-refractivity contribution is -0.118. The zero-order valence-corrected chi connectivity index (χ0v) is 17.5. The third-order valence-electron chi connectivity index (χ3n) is 4.08. The van der Waals surface area contributed by atoms with Crippen molar-refractivity contribution < 1.29 is 14.3 Å². The fourth-order valence-electron chi connectivity index (χ4n) is 2.56. The minimum absolute atomic E-state index is 0.138. The van der Waals surface area contributed by atoms with Crippen molar-refractivity contribution in [2.45, 2.75) is 11.7 Å². The van der Waals surface area contributed by atoms with E-state index in [1.165, 1.54) is 16.4 Å². The first-order valence-corrected chi connectivity index (χ1v) is 9.95. The number of benzene rings is 2. The summed E-state index contributed by atoms with van der Waals surface area (Å²) in [6.45, 7) is 0.350. The van der Waals surface area contributed by atoms with Gasteiger partial charge in [-0.1, -0.05) is 41.6 Å². The van der Waals surface area contributed by atoms with Gasteiger partial charge in [-0.3, -0.25) is 4.79 Å². The average molecular weight is 434 g/mol. The zero-order valence-electron chi connectivity index (χ0n) is 15.9. The third-order valence-corrected chi connectivity index (χ3v) is 5.39. The van der Waals surface area contributed by atoms with Crippen molar-refractivity contribution in [3.63, 3.8) is 0 Å². The summed E-state index contributed by atoms with van der Waals surface area (Å²) in [4.78, 5) is 12.2. The Hall–Kier alpha value is -2.91. The highest BCUT2D eigenvalue weighted by Gasteiger charge is 2.17. The number of aromatic nitrogens is 3. The van der Waals surface area contributed by atoms with Gasteiger partial charge in [-0.05, 0) is 23.8 Å². The van der Waals surface area contributed by atoms with Gasteiger partial charge < -0.3 is 20.6 Å². The molecule has 0 unspecified atom stereocenters. The summed E-state index contributed by atoms with van der Waals surface area (Å²) >= 11 is 7.28. The molecule has 1 aromatic heterocycles. The number of hydrogen-bond donors (Lipinski definition) is 2. The molecule has 0 bridgehead atoms. The van der Waals surface area contributed by atoms with E-state index in [4.69, 9.17) is 26.9 Å². The second kappa shape index (κ2) is 9.53. The Labute approximate surface area is 177 Å². The highest BCUT2D eigenvalue weighted by Crippen LogP contribution is 2.32. The van der Waals surface area contributed by atoms with Gasteiger partial charge in [-0.2, -0.15) is 0 Å². The van der Waals surface area contributed by atoms with Crippen LogP contribution in [-0.2, 0) is 11.3 Å². The van der Waals surface area contributed by atoms with Crippen molar-refractivity contribution in [3.05, 3.63) is 53.1 Å². The Morgan fingerprint density at radius 3 is 2.72 bits per heavy atom. The maximum Gasteiger partial charge on any atom is 0.230 e. The van der Waals surface area contributed by atoms with Gasteiger partial charge >= 0.3 is 0 Å². The van der Waals surface area contributed by atoms with Crippen LogP contribution in [0.5, 0.6) is 11.5 Å². The first-order valence-electron chi connectivity index (χ1n) is 8.59. The molecular formula is C19H20ClN5O3S. The third kappa shape index (κ3) is 4.93. The smallest absolute Gasteiger partial charge is 0.230 e. The van der Waals surface area contributed by atoms with E-state index in [0.29, 0.717) is 39.6 Å². The Bertz CT molecular complexity index is 1010. The van der Waals surface area contributed by atoms with E-state index in [2.05, 4.69) is 15.5 Å². The van der Waals surface area contributed by atoms with E-state index in [-0.39, 0.29) is 11.7 Å². The van der Waals surface area contributed by atoms with Gasteiger partial charge in [0.2, 0.25) is 11.1 Å². The molecule has 0 aliphatic carbocycles. The first-order chi connectivity index (χ1) is 14.0. The lowest BCUT2D eigenvalue weighted by Gasteiger charge is -2.10. The summed E-state index contributed by atoms with van der Waals surface area (Å²) in [6.07, 6.45) is 0. The second-order valence-corrected chi connectivity index (χ2v) is 7.25. The largest absolute Gasteiger partial charge is 0.497 e. The molecule has 0 radical (unpaired) electrons. The number of halogens is 1. The standard InChI is InChI=1S/C19H20ClN5O3S/c1-27-13-7-8-14(16(9-13)28-2)18-23-24-19(25(18)21)29-11-17(26)22-10-12-5-3-4-6-15(12)20/h3-9H,10-11,21H2,1-2H3,(H,22,26). The van der Waals surface area contributed by atoms with Crippen LogP contribution >= 0.6 is 23.4 Å². The predicted octanol–water partition coefficient (Wildman–Crippen LogP) is 2.74. The minimum Gasteiger partial charge on any atom is -0.497 e. The minimum atomic E-state index is -0.165. The van der Waals surface area contributed by atoms with Crippen molar-refractivity contribution >= 4 is 29.3 Å². The molecule has 0 aliphatic rings. The molecule has 0 spiro atoms. The van der Waals surface area contributed by atoms with Gasteiger partial charge in [0.05, 0.1) is 25.5 Å². The molecule has 29 heavy (non-hydrogen) atoms. The number of nitrogens with one attached hydrogen (secondary N) is 1. The molecule has 2 aromatic carbocycles. The molecule has 8 nitrogen and oxygen atoms in total. The van der Waals surface area contributed by atoms with Crippen molar-refractivity contribution in [3.8, 4) is 22.9 Å². The van der Waals surface area contributed by atoms with Crippen LogP contribution in [0, 0.1) is 0 Å². The van der Waals surface area contributed by atoms with Crippen molar-refractivity contribution in [1.29, 1.82) is 0 Å². The van der Waals surface area contributed by atoms with E-state index >= 15 is 0 Å². The fourth-order valence-corrected chi connectivity index (χ4v) is 3.45. The Balaban J connectivity index is 1.64. The predicted molar refractivity (Wildman–Crippen MR) is 113 cm³/mol. The monoisotopic (exact) mass is 433 g/mol. The first kappa shape index (κ1) is 20.8. The number of nitrogens with two attached hydrogens (primary N) is 1. The molecule has 3 rings (SSSR count). The molecule has 0 atom stereocenters. The van der Waals surface area contributed by atoms with Gasteiger partial charge in [-0.25, -0.2) is 4.68 Å². The van der Waals surface area contributed by atoms with Crippen molar-refractivity contribution in [2.75, 3.05) is 25.8 Å². The molecule has 1 heterocycles. The van der Waals surface area contributed by atoms with Crippen LogP contribution in [0.1, 0.15) is 5.56 Å². The molecule has 3 aromatic rings. The topological polar surface area (TPSA) is 104 Å². The molecule has 10 heteroatoms. The summed E-state index contributed by atoms with van der Waals surface area (Å²) in [5.41, 5.74) is 1.52. The number of methoxy groups -OCH3 is 2. The number of rotatable bonds is 8. The van der Waals surface area contributed by atoms with Crippen molar-refractivity contribution in [1.82, 2.24) is 20.2 Å². The van der Waals surface area contributed by atoms with Crippen LogP contribution in [0.4, 0.5) is 0 Å². The lowest BCUT2D eigenvalue weighted by Crippen LogP contribution is -2.25. The second-order valence-electron chi connectivity index (χ2n) is 5.90. The van der Waals surface area contributed by atoms with Gasteiger partial charge in [0, 0.05) is 17.6 Å². The van der Waals surface area contributed by atoms with E-state index in [9.17, 15) is 4.79 Å². The molecule has 0 aliphatic heterocycles. The Kier molecular flexibility index (Phi) is 6.84. The molecule has 152 valence electrons. The molecule has 0 fully saturated rings. The Morgan fingerprint density at radius 1 is 1.21 bits per heavy atom. The maximum atomic E-state index is 12.2. The fraction of sp³-hybridized carbons (Fsp3) is 0.211. The van der Waals surface area contributed by atoms with Crippen LogP contribution in [0.15, 0.2) is 47.6 Å². The average Bonchev–Trinajstić information content (AvgIpc) is 3.11. The van der Waals surface area contributed by atoms with Crippen LogP contribution in [0.3, 0.4) is 0 Å². The molecule has 0 saturated carbocycles. The van der Waals surface area contributed by atoms with E-state index in [0.717, 1.165) is 5.56 Å². The van der Waals surface area contributed by atoms with Crippen LogP contribution in [0.2, 0.25) is 5.02 Å². The van der Waals surface area contributed by atoms with E-state index in [1.54, 1.807) is 38.5 Å². The highest BCUT2D eigenvalue weighted by molar-refractivity contribution is 7.99. The van der Waals surface area contributed by atoms with Gasteiger partial charge in [0.15, 0.2) is 5.82 Å². The summed E-state index contributed by atoms with van der Waals surface area (Å²) in [5, 5.41) is 12.0. The maximum absolute atomic E-state index is 12.2. The summed E-state index contributed by atoms with van der Waals surface area (Å²) in [5.74, 6) is 7.73. The van der Waals surface area contributed by atoms with E-state index < -0.39 is 0 Å². The summed E-state index contributed by atoms with van der Waals surface area (Å²) in [6, 6.07) is 12.7. The molecule has 0 saturated heterocycles. The number of nitrogen functional groups attached to an aromatic ring is 1. The number of carbonyl (C=O) groups excluding carboxylic acids is 1. The molecule has 3 N–H and O–H groups in total. The number of nitrogens with zero attached hydrogens (tertiary/aromatic N) is 3. The van der Waals surface area contributed by atoms with Gasteiger partial charge in [0.1, 0.15) is 11.5 Å². The number of carbonyl (C=O) groups is 1. The van der Waals surface area contributed by atoms with Gasteiger partial charge in [-0.15, -0.1) is 10.2 Å². The number of hydrogen-bond acceptors (Lipinski definition) is 7. The number of thioether (sulfide) groups is 1. The SMILES string of the molecule is COc1ccc(-c2nnc(SCC(=O)NCc3ccccc3Cl)n2N)c(OC)c1. The quantitative estimate of drug-likeness (QED) is 0.415. The summed E-state index contributed by atoms with van der Waals surface area (Å²) in [7, 11) is 3.12. The highest BCUT2D eigenvalue weighted by atomic mass is 35.5. The molecular weight excluding hydrogens is 414 g/mol. The van der Waals surface area contributed by atoms with Gasteiger partial charge in [0.25, 0.3) is 0 Å². The molecule has 1 amide bonds. The Morgan fingerprint density at radius 2 is 2.00 bits per heavy atom.